The van der Waals surface area contributed by atoms with Crippen LogP contribution in [0.2, 0.25) is 0 Å². The first-order chi connectivity index (χ1) is 9.57. The molecule has 0 unspecified atom stereocenters. The fourth-order valence-electron chi connectivity index (χ4n) is 2.56. The molecule has 2 aromatic heterocycles. The lowest BCUT2D eigenvalue weighted by atomic mass is 10.2. The Morgan fingerprint density at radius 2 is 2.05 bits per heavy atom. The zero-order valence-electron chi connectivity index (χ0n) is 11.0. The summed E-state index contributed by atoms with van der Waals surface area (Å²) >= 11 is 0. The van der Waals surface area contributed by atoms with Crippen molar-refractivity contribution in [1.82, 2.24) is 24.1 Å². The Hall–Kier alpha value is -1.80. The number of hydrogen-bond acceptors (Lipinski definition) is 5. The second-order valence-electron chi connectivity index (χ2n) is 4.77. The lowest BCUT2D eigenvalue weighted by Crippen LogP contribution is -2.31. The molecule has 0 N–H and O–H groups in total. The minimum atomic E-state index is -3.24. The van der Waals surface area contributed by atoms with Crippen LogP contribution in [0.5, 0.6) is 0 Å². The van der Waals surface area contributed by atoms with Crippen LogP contribution in [0.1, 0.15) is 24.7 Å². The molecular weight excluding hydrogens is 278 g/mol. The fraction of sp³-hybridized carbons (Fsp3) is 0.417. The maximum atomic E-state index is 11.8. The van der Waals surface area contributed by atoms with Gasteiger partial charge in [0.15, 0.2) is 5.82 Å². The van der Waals surface area contributed by atoms with Gasteiger partial charge in [0.2, 0.25) is 10.0 Å². The van der Waals surface area contributed by atoms with Crippen LogP contribution in [0.25, 0.3) is 5.69 Å². The average molecular weight is 293 g/mol. The largest absolute Gasteiger partial charge is 0.265 e. The normalized spacial score (nSPS) is 20.4. The van der Waals surface area contributed by atoms with E-state index in [1.165, 1.54) is 16.9 Å². The molecule has 8 heteroatoms. The summed E-state index contributed by atoms with van der Waals surface area (Å²) in [5.74, 6) is 0.652. The molecule has 0 spiro atoms. The second kappa shape index (κ2) is 4.95. The molecule has 2 aromatic rings. The molecule has 1 fully saturated rings. The van der Waals surface area contributed by atoms with Crippen LogP contribution in [0.15, 0.2) is 30.9 Å². The van der Waals surface area contributed by atoms with Crippen LogP contribution in [0.4, 0.5) is 0 Å². The van der Waals surface area contributed by atoms with Crippen molar-refractivity contribution in [3.63, 3.8) is 0 Å². The van der Waals surface area contributed by atoms with E-state index in [4.69, 9.17) is 0 Å². The number of rotatable bonds is 3. The maximum absolute atomic E-state index is 11.8. The zero-order valence-corrected chi connectivity index (χ0v) is 11.9. The molecule has 0 aliphatic carbocycles. The highest BCUT2D eigenvalue weighted by Crippen LogP contribution is 2.33. The summed E-state index contributed by atoms with van der Waals surface area (Å²) in [6, 6.07) is 3.39. The van der Waals surface area contributed by atoms with Gasteiger partial charge in [0.05, 0.1) is 18.0 Å². The van der Waals surface area contributed by atoms with Gasteiger partial charge in [-0.3, -0.25) is 4.98 Å². The highest BCUT2D eigenvalue weighted by molar-refractivity contribution is 7.88. The third kappa shape index (κ3) is 2.32. The quantitative estimate of drug-likeness (QED) is 0.834. The zero-order chi connectivity index (χ0) is 14.2. The minimum absolute atomic E-state index is 0.249. The van der Waals surface area contributed by atoms with E-state index in [2.05, 4.69) is 15.1 Å². The first-order valence-electron chi connectivity index (χ1n) is 6.34. The van der Waals surface area contributed by atoms with Gasteiger partial charge in [-0.05, 0) is 25.0 Å². The standard InChI is InChI=1S/C12H15N5O2S/c1-20(18,19)16-8-2-3-11(16)12-14-9-15-17(12)10-4-6-13-7-5-10/h4-7,9,11H,2-3,8H2,1H3/t11-/m0/s1. The molecule has 1 saturated heterocycles. The molecule has 0 aromatic carbocycles. The van der Waals surface area contributed by atoms with Crippen LogP contribution in [-0.4, -0.2) is 45.3 Å². The number of aromatic nitrogens is 4. The molecule has 3 rings (SSSR count). The molecule has 1 atom stereocenters. The van der Waals surface area contributed by atoms with Crippen molar-refractivity contribution < 1.29 is 8.42 Å². The molecule has 7 nitrogen and oxygen atoms in total. The third-order valence-electron chi connectivity index (χ3n) is 3.41. The monoisotopic (exact) mass is 293 g/mol. The predicted molar refractivity (Wildman–Crippen MR) is 72.7 cm³/mol. The Bertz CT molecular complexity index is 698. The molecule has 1 aliphatic heterocycles. The summed E-state index contributed by atoms with van der Waals surface area (Å²) in [4.78, 5) is 8.23. The van der Waals surface area contributed by atoms with Gasteiger partial charge in [0, 0.05) is 18.9 Å². The van der Waals surface area contributed by atoms with Gasteiger partial charge in [-0.15, -0.1) is 0 Å². The lowest BCUT2D eigenvalue weighted by Gasteiger charge is -2.21. The van der Waals surface area contributed by atoms with Crippen LogP contribution in [-0.2, 0) is 10.0 Å². The Morgan fingerprint density at radius 1 is 1.30 bits per heavy atom. The van der Waals surface area contributed by atoms with E-state index in [0.29, 0.717) is 12.4 Å². The molecule has 106 valence electrons. The molecular formula is C12H15N5O2S. The highest BCUT2D eigenvalue weighted by Gasteiger charge is 2.35. The van der Waals surface area contributed by atoms with E-state index < -0.39 is 10.0 Å². The molecule has 0 bridgehead atoms. The topological polar surface area (TPSA) is 81.0 Å². The summed E-state index contributed by atoms with van der Waals surface area (Å²) < 4.78 is 26.9. The van der Waals surface area contributed by atoms with E-state index >= 15 is 0 Å². The fourth-order valence-corrected chi connectivity index (χ4v) is 3.68. The Kier molecular flexibility index (Phi) is 3.27. The van der Waals surface area contributed by atoms with Gasteiger partial charge in [-0.1, -0.05) is 0 Å². The summed E-state index contributed by atoms with van der Waals surface area (Å²) in [6.07, 6.45) is 7.62. The smallest absolute Gasteiger partial charge is 0.211 e. The van der Waals surface area contributed by atoms with Crippen LogP contribution in [0.3, 0.4) is 0 Å². The first-order valence-corrected chi connectivity index (χ1v) is 8.19. The van der Waals surface area contributed by atoms with Crippen LogP contribution < -0.4 is 0 Å². The Morgan fingerprint density at radius 3 is 2.75 bits per heavy atom. The molecule has 0 radical (unpaired) electrons. The van der Waals surface area contributed by atoms with Gasteiger partial charge >= 0.3 is 0 Å². The number of pyridine rings is 1. The van der Waals surface area contributed by atoms with Gasteiger partial charge in [-0.2, -0.15) is 9.40 Å². The van der Waals surface area contributed by atoms with Crippen LogP contribution in [0, 0.1) is 0 Å². The van der Waals surface area contributed by atoms with Gasteiger partial charge in [0.25, 0.3) is 0 Å². The second-order valence-corrected chi connectivity index (χ2v) is 6.70. The van der Waals surface area contributed by atoms with E-state index in [0.717, 1.165) is 18.5 Å². The van der Waals surface area contributed by atoms with Crippen molar-refractivity contribution in [3.8, 4) is 5.69 Å². The van der Waals surface area contributed by atoms with E-state index in [1.807, 2.05) is 12.1 Å². The predicted octanol–water partition coefficient (Wildman–Crippen LogP) is 0.759. The Labute approximate surface area is 117 Å². The SMILES string of the molecule is CS(=O)(=O)N1CCC[C@H]1c1ncnn1-c1ccncc1. The van der Waals surface area contributed by atoms with Crippen LogP contribution >= 0.6 is 0 Å². The van der Waals surface area contributed by atoms with Gasteiger partial charge < -0.3 is 0 Å². The van der Waals surface area contributed by atoms with Crippen molar-refractivity contribution in [2.45, 2.75) is 18.9 Å². The van der Waals surface area contributed by atoms with Crippen molar-refractivity contribution in [2.75, 3.05) is 12.8 Å². The first kappa shape index (κ1) is 13.2. The molecule has 3 heterocycles. The molecule has 0 amide bonds. The number of sulfonamides is 1. The molecule has 1 aliphatic rings. The van der Waals surface area contributed by atoms with E-state index in [9.17, 15) is 8.42 Å². The molecule has 20 heavy (non-hydrogen) atoms. The summed E-state index contributed by atoms with van der Waals surface area (Å²) in [5, 5.41) is 4.20. The average Bonchev–Trinajstić information content (AvgIpc) is 3.07. The molecule has 0 saturated carbocycles. The van der Waals surface area contributed by atoms with E-state index in [1.54, 1.807) is 17.1 Å². The van der Waals surface area contributed by atoms with Gasteiger partial charge in [0.1, 0.15) is 6.33 Å². The summed E-state index contributed by atoms with van der Waals surface area (Å²) in [7, 11) is -3.24. The van der Waals surface area contributed by atoms with E-state index in [-0.39, 0.29) is 6.04 Å². The number of nitrogens with zero attached hydrogens (tertiary/aromatic N) is 5. The minimum Gasteiger partial charge on any atom is -0.265 e. The van der Waals surface area contributed by atoms with Crippen molar-refractivity contribution >= 4 is 10.0 Å². The highest BCUT2D eigenvalue weighted by atomic mass is 32.2. The van der Waals surface area contributed by atoms with Crippen molar-refractivity contribution in [2.24, 2.45) is 0 Å². The summed E-state index contributed by atoms with van der Waals surface area (Å²) in [5.41, 5.74) is 0.827. The maximum Gasteiger partial charge on any atom is 0.211 e. The van der Waals surface area contributed by atoms with Gasteiger partial charge in [-0.25, -0.2) is 18.1 Å². The number of hydrogen-bond donors (Lipinski definition) is 0. The van der Waals surface area contributed by atoms with Crippen molar-refractivity contribution in [3.05, 3.63) is 36.7 Å². The summed E-state index contributed by atoms with van der Waals surface area (Å²) in [6.45, 7) is 0.534. The lowest BCUT2D eigenvalue weighted by molar-refractivity contribution is 0.381. The third-order valence-corrected chi connectivity index (χ3v) is 4.70. The van der Waals surface area contributed by atoms with Crippen molar-refractivity contribution in [1.29, 1.82) is 0 Å². The Balaban J connectivity index is 2.02.